The molecule has 0 bridgehead atoms. The molecule has 3 aromatic carbocycles. The molecule has 3 aromatic rings. The molecule has 0 aromatic heterocycles. The Balaban J connectivity index is 1.93. The van der Waals surface area contributed by atoms with Crippen LogP contribution in [0.3, 0.4) is 0 Å². The lowest BCUT2D eigenvalue weighted by atomic mass is 10.1. The molecule has 8 heteroatoms. The van der Waals surface area contributed by atoms with Crippen LogP contribution in [-0.2, 0) is 15.6 Å². The van der Waals surface area contributed by atoms with Gasteiger partial charge in [-0.2, -0.15) is 0 Å². The fourth-order valence-electron chi connectivity index (χ4n) is 3.34. The van der Waals surface area contributed by atoms with Crippen LogP contribution in [0.4, 0.5) is 0 Å². The third-order valence-corrected chi connectivity index (χ3v) is 6.98. The van der Waals surface area contributed by atoms with Gasteiger partial charge in [0.1, 0.15) is 5.75 Å². The number of hydrogen-bond donors (Lipinski definition) is 0. The highest BCUT2D eigenvalue weighted by Crippen LogP contribution is 2.38. The number of benzene rings is 3. The average Bonchev–Trinajstić information content (AvgIpc) is 2.82. The van der Waals surface area contributed by atoms with Gasteiger partial charge in [0.2, 0.25) is 5.75 Å². The van der Waals surface area contributed by atoms with E-state index in [2.05, 4.69) is 0 Å². The summed E-state index contributed by atoms with van der Waals surface area (Å²) >= 11 is 6.13. The molecule has 0 spiro atoms. The second kappa shape index (κ2) is 10.6. The molecular formula is C25H25ClO6S. The van der Waals surface area contributed by atoms with Gasteiger partial charge in [-0.15, -0.1) is 0 Å². The molecule has 0 unspecified atom stereocenters. The fourth-order valence-corrected chi connectivity index (χ4v) is 5.07. The number of halogens is 1. The van der Waals surface area contributed by atoms with E-state index in [1.54, 1.807) is 33.5 Å². The largest absolute Gasteiger partial charge is 0.495 e. The highest BCUT2D eigenvalue weighted by molar-refractivity contribution is 7.90. The van der Waals surface area contributed by atoms with Crippen molar-refractivity contribution in [1.29, 1.82) is 0 Å². The van der Waals surface area contributed by atoms with Crippen molar-refractivity contribution in [1.82, 2.24) is 0 Å². The molecule has 0 heterocycles. The first-order valence-electron chi connectivity index (χ1n) is 9.95. The first kappa shape index (κ1) is 24.5. The second-order valence-corrected chi connectivity index (χ2v) is 9.44. The van der Waals surface area contributed by atoms with E-state index in [1.807, 2.05) is 42.5 Å². The summed E-state index contributed by atoms with van der Waals surface area (Å²) in [5.74, 6) is 1.81. The molecule has 0 amide bonds. The maximum atomic E-state index is 13.0. The zero-order valence-electron chi connectivity index (χ0n) is 18.8. The van der Waals surface area contributed by atoms with Gasteiger partial charge in [-0.1, -0.05) is 48.0 Å². The van der Waals surface area contributed by atoms with Gasteiger partial charge in [-0.25, -0.2) is 8.42 Å². The number of ether oxygens (including phenoxy) is 4. The first-order valence-corrected chi connectivity index (χ1v) is 12.0. The van der Waals surface area contributed by atoms with Crippen LogP contribution in [0.2, 0.25) is 5.02 Å². The van der Waals surface area contributed by atoms with Gasteiger partial charge in [0.05, 0.1) is 44.1 Å². The van der Waals surface area contributed by atoms with Gasteiger partial charge in [0.15, 0.2) is 21.3 Å². The number of sulfone groups is 1. The summed E-state index contributed by atoms with van der Waals surface area (Å²) < 4.78 is 47.4. The topological polar surface area (TPSA) is 71.1 Å². The Labute approximate surface area is 199 Å². The number of rotatable bonds is 9. The van der Waals surface area contributed by atoms with Crippen molar-refractivity contribution in [2.24, 2.45) is 0 Å². The summed E-state index contributed by atoms with van der Waals surface area (Å²) in [5, 5.41) is 0.245. The van der Waals surface area contributed by atoms with Crippen molar-refractivity contribution in [3.05, 3.63) is 76.3 Å². The van der Waals surface area contributed by atoms with Crippen LogP contribution in [0.25, 0.3) is 12.2 Å². The molecule has 3 rings (SSSR count). The van der Waals surface area contributed by atoms with Crippen LogP contribution in [0.5, 0.6) is 23.0 Å². The standard InChI is InChI=1S/C25H25ClO6S/c1-29-22-12-11-20(15-21(22)26)33(27,28)16-19-8-6-5-7-18(19)10-9-17-13-23(30-2)25(32-4)24(14-17)31-3/h5-15H,16H2,1-4H3/b10-9-. The number of hydrogen-bond acceptors (Lipinski definition) is 6. The quantitative estimate of drug-likeness (QED) is 0.369. The zero-order valence-corrected chi connectivity index (χ0v) is 20.4. The highest BCUT2D eigenvalue weighted by atomic mass is 35.5. The van der Waals surface area contributed by atoms with Crippen molar-refractivity contribution in [2.45, 2.75) is 10.6 Å². The van der Waals surface area contributed by atoms with Gasteiger partial charge in [-0.05, 0) is 47.0 Å². The molecule has 0 N–H and O–H groups in total. The molecule has 0 saturated heterocycles. The predicted octanol–water partition coefficient (Wildman–Crippen LogP) is 5.52. The smallest absolute Gasteiger partial charge is 0.203 e. The lowest BCUT2D eigenvalue weighted by molar-refractivity contribution is 0.324. The van der Waals surface area contributed by atoms with Crippen LogP contribution in [0.15, 0.2) is 59.5 Å². The van der Waals surface area contributed by atoms with Crippen LogP contribution in [0, 0.1) is 0 Å². The van der Waals surface area contributed by atoms with Crippen molar-refractivity contribution in [3.63, 3.8) is 0 Å². The van der Waals surface area contributed by atoms with Crippen molar-refractivity contribution < 1.29 is 27.4 Å². The van der Waals surface area contributed by atoms with Crippen molar-refractivity contribution >= 4 is 33.6 Å². The van der Waals surface area contributed by atoms with Crippen LogP contribution in [0.1, 0.15) is 16.7 Å². The van der Waals surface area contributed by atoms with E-state index in [4.69, 9.17) is 30.5 Å². The van der Waals surface area contributed by atoms with Crippen molar-refractivity contribution in [2.75, 3.05) is 28.4 Å². The van der Waals surface area contributed by atoms with Crippen LogP contribution >= 0.6 is 11.6 Å². The lowest BCUT2D eigenvalue weighted by Crippen LogP contribution is -2.06. The summed E-state index contributed by atoms with van der Waals surface area (Å²) in [6.45, 7) is 0. The Kier molecular flexibility index (Phi) is 7.89. The molecule has 0 aliphatic heterocycles. The molecule has 33 heavy (non-hydrogen) atoms. The Morgan fingerprint density at radius 1 is 0.788 bits per heavy atom. The first-order chi connectivity index (χ1) is 15.8. The number of methoxy groups -OCH3 is 4. The Morgan fingerprint density at radius 3 is 2.00 bits per heavy atom. The van der Waals surface area contributed by atoms with Gasteiger partial charge in [-0.3, -0.25) is 0 Å². The van der Waals surface area contributed by atoms with Gasteiger partial charge < -0.3 is 18.9 Å². The van der Waals surface area contributed by atoms with Crippen LogP contribution < -0.4 is 18.9 Å². The molecule has 0 aliphatic rings. The normalized spacial score (nSPS) is 11.4. The minimum atomic E-state index is -3.63. The maximum Gasteiger partial charge on any atom is 0.203 e. The van der Waals surface area contributed by atoms with E-state index >= 15 is 0 Å². The Hall–Kier alpha value is -3.16. The van der Waals surface area contributed by atoms with E-state index in [9.17, 15) is 8.42 Å². The lowest BCUT2D eigenvalue weighted by Gasteiger charge is -2.13. The molecule has 6 nitrogen and oxygen atoms in total. The highest BCUT2D eigenvalue weighted by Gasteiger charge is 2.18. The molecular weight excluding hydrogens is 464 g/mol. The van der Waals surface area contributed by atoms with Crippen molar-refractivity contribution in [3.8, 4) is 23.0 Å². The molecule has 0 radical (unpaired) electrons. The van der Waals surface area contributed by atoms with E-state index in [0.717, 1.165) is 11.1 Å². The van der Waals surface area contributed by atoms with E-state index < -0.39 is 9.84 Å². The van der Waals surface area contributed by atoms with Crippen LogP contribution in [-0.4, -0.2) is 36.9 Å². The third-order valence-electron chi connectivity index (χ3n) is 5.03. The minimum Gasteiger partial charge on any atom is -0.495 e. The van der Waals surface area contributed by atoms with E-state index in [0.29, 0.717) is 28.6 Å². The molecule has 0 aliphatic carbocycles. The molecule has 174 valence electrons. The monoisotopic (exact) mass is 488 g/mol. The predicted molar refractivity (Wildman–Crippen MR) is 130 cm³/mol. The fraction of sp³-hybridized carbons (Fsp3) is 0.200. The van der Waals surface area contributed by atoms with Gasteiger partial charge in [0, 0.05) is 0 Å². The maximum absolute atomic E-state index is 13.0. The Morgan fingerprint density at radius 2 is 1.42 bits per heavy atom. The summed E-state index contributed by atoms with van der Waals surface area (Å²) in [4.78, 5) is 0.136. The van der Waals surface area contributed by atoms with Gasteiger partial charge >= 0.3 is 0 Å². The molecule has 0 saturated carbocycles. The average molecular weight is 489 g/mol. The molecule has 0 atom stereocenters. The zero-order chi connectivity index (χ0) is 24.0. The summed E-state index contributed by atoms with van der Waals surface area (Å²) in [5.41, 5.74) is 2.24. The van der Waals surface area contributed by atoms with E-state index in [1.165, 1.54) is 19.2 Å². The Bertz CT molecular complexity index is 1240. The summed E-state index contributed by atoms with van der Waals surface area (Å²) in [6.07, 6.45) is 3.72. The summed E-state index contributed by atoms with van der Waals surface area (Å²) in [6, 6.07) is 15.4. The second-order valence-electron chi connectivity index (χ2n) is 7.05. The van der Waals surface area contributed by atoms with Gasteiger partial charge in [0.25, 0.3) is 0 Å². The third kappa shape index (κ3) is 5.61. The molecule has 0 fully saturated rings. The summed E-state index contributed by atoms with van der Waals surface area (Å²) in [7, 11) is 2.50. The van der Waals surface area contributed by atoms with E-state index in [-0.39, 0.29) is 15.7 Å². The minimum absolute atomic E-state index is 0.136. The SMILES string of the molecule is COc1ccc(S(=O)(=O)Cc2ccccc2/C=C\c2cc(OC)c(OC)c(OC)c2)cc1Cl.